The van der Waals surface area contributed by atoms with Crippen LogP contribution in [0.4, 0.5) is 4.79 Å². The molecule has 0 radical (unpaired) electrons. The lowest BCUT2D eigenvalue weighted by Gasteiger charge is -2.37. The number of likely N-dealkylation sites (tertiary alicyclic amines) is 1. The first-order chi connectivity index (χ1) is 16.5. The maximum Gasteiger partial charge on any atom is 0.407 e. The molecular formula is C26H30N2O6. The summed E-state index contributed by atoms with van der Waals surface area (Å²) in [6.07, 6.45) is 0.701. The highest BCUT2D eigenvalue weighted by Crippen LogP contribution is 2.44. The minimum absolute atomic E-state index is 0.00631. The minimum atomic E-state index is -0.877. The van der Waals surface area contributed by atoms with Crippen molar-refractivity contribution < 1.29 is 29.0 Å². The predicted molar refractivity (Wildman–Crippen MR) is 125 cm³/mol. The molecule has 2 aromatic carbocycles. The average molecular weight is 467 g/mol. The van der Waals surface area contributed by atoms with E-state index in [9.17, 15) is 19.5 Å². The number of aliphatic carboxylic acids is 1. The number of ether oxygens (including phenoxy) is 2. The summed E-state index contributed by atoms with van der Waals surface area (Å²) in [5.74, 6) is -1.67. The van der Waals surface area contributed by atoms with Crippen LogP contribution in [-0.4, -0.2) is 66.9 Å². The number of carboxylic acids is 1. The number of benzene rings is 2. The fourth-order valence-electron chi connectivity index (χ4n) is 4.94. The highest BCUT2D eigenvalue weighted by molar-refractivity contribution is 5.80. The average Bonchev–Trinajstić information content (AvgIpc) is 3.16. The van der Waals surface area contributed by atoms with Crippen molar-refractivity contribution in [3.8, 4) is 11.1 Å². The number of piperidine rings is 1. The number of carbonyl (C=O) groups excluding carboxylic acids is 2. The summed E-state index contributed by atoms with van der Waals surface area (Å²) in [7, 11) is 0. The van der Waals surface area contributed by atoms with E-state index in [1.54, 1.807) is 11.8 Å². The number of hydrogen-bond donors (Lipinski definition) is 2. The molecule has 1 saturated heterocycles. The molecule has 0 aromatic heterocycles. The van der Waals surface area contributed by atoms with Crippen LogP contribution in [0, 0.1) is 5.92 Å². The van der Waals surface area contributed by atoms with E-state index >= 15 is 0 Å². The van der Waals surface area contributed by atoms with Crippen molar-refractivity contribution in [1.29, 1.82) is 0 Å². The van der Waals surface area contributed by atoms with Crippen LogP contribution in [0.5, 0.6) is 0 Å². The third-order valence-electron chi connectivity index (χ3n) is 6.71. The van der Waals surface area contributed by atoms with Gasteiger partial charge in [0.2, 0.25) is 5.91 Å². The number of amides is 2. The van der Waals surface area contributed by atoms with Crippen LogP contribution >= 0.6 is 0 Å². The molecule has 8 nitrogen and oxygen atoms in total. The molecule has 0 bridgehead atoms. The maximum absolute atomic E-state index is 12.4. The molecule has 1 aliphatic carbocycles. The Bertz CT molecular complexity index is 1010. The van der Waals surface area contributed by atoms with Crippen LogP contribution in [0.15, 0.2) is 48.5 Å². The molecule has 2 aliphatic rings. The van der Waals surface area contributed by atoms with Crippen molar-refractivity contribution in [3.63, 3.8) is 0 Å². The van der Waals surface area contributed by atoms with Crippen molar-refractivity contribution >= 4 is 18.0 Å². The summed E-state index contributed by atoms with van der Waals surface area (Å²) in [5, 5.41) is 11.9. The topological polar surface area (TPSA) is 105 Å². The summed E-state index contributed by atoms with van der Waals surface area (Å²) >= 11 is 0. The fourth-order valence-corrected chi connectivity index (χ4v) is 4.94. The van der Waals surface area contributed by atoms with E-state index in [1.165, 1.54) is 11.1 Å². The van der Waals surface area contributed by atoms with Crippen LogP contribution in [0.2, 0.25) is 0 Å². The Balaban J connectivity index is 1.18. The van der Waals surface area contributed by atoms with Crippen molar-refractivity contribution in [2.75, 3.05) is 32.9 Å². The van der Waals surface area contributed by atoms with Crippen molar-refractivity contribution in [3.05, 3.63) is 59.7 Å². The van der Waals surface area contributed by atoms with Crippen LogP contribution in [0.1, 0.15) is 36.8 Å². The Morgan fingerprint density at radius 3 is 2.35 bits per heavy atom. The second-order valence-corrected chi connectivity index (χ2v) is 8.72. The fraction of sp³-hybridized carbons (Fsp3) is 0.423. The van der Waals surface area contributed by atoms with E-state index in [4.69, 9.17) is 9.47 Å². The number of fused-ring (bicyclic) bond motifs is 3. The van der Waals surface area contributed by atoms with Crippen LogP contribution in [0.25, 0.3) is 11.1 Å². The van der Waals surface area contributed by atoms with Crippen LogP contribution in [-0.2, 0) is 19.1 Å². The lowest BCUT2D eigenvalue weighted by atomic mass is 9.90. The summed E-state index contributed by atoms with van der Waals surface area (Å²) in [4.78, 5) is 37.5. The van der Waals surface area contributed by atoms with E-state index in [1.807, 2.05) is 24.3 Å². The van der Waals surface area contributed by atoms with Gasteiger partial charge in [-0.15, -0.1) is 0 Å². The molecule has 4 rings (SSSR count). The molecule has 0 saturated carbocycles. The predicted octanol–water partition coefficient (Wildman–Crippen LogP) is 3.25. The maximum atomic E-state index is 12.4. The highest BCUT2D eigenvalue weighted by Gasteiger charge is 2.35. The number of alkyl carbamates (subject to hydrolysis) is 1. The summed E-state index contributed by atoms with van der Waals surface area (Å²) < 4.78 is 10.9. The molecule has 8 heteroatoms. The molecule has 2 unspecified atom stereocenters. The van der Waals surface area contributed by atoms with Crippen LogP contribution < -0.4 is 5.32 Å². The molecule has 2 atom stereocenters. The van der Waals surface area contributed by atoms with Gasteiger partial charge in [-0.05, 0) is 42.0 Å². The van der Waals surface area contributed by atoms with Gasteiger partial charge in [-0.1, -0.05) is 48.5 Å². The van der Waals surface area contributed by atoms with Gasteiger partial charge in [-0.2, -0.15) is 0 Å². The SMILES string of the molecule is CC1C(C(=O)O)CCCN1C(=O)COCCNC(=O)OCC1c2ccccc2-c2ccccc21. The first-order valence-electron chi connectivity index (χ1n) is 11.7. The normalized spacial score (nSPS) is 19.3. The number of nitrogens with one attached hydrogen (secondary N) is 1. The Morgan fingerprint density at radius 2 is 1.71 bits per heavy atom. The summed E-state index contributed by atoms with van der Waals surface area (Å²) in [6, 6.07) is 15.9. The molecule has 180 valence electrons. The standard InChI is InChI=1S/C26H30N2O6/c1-17-18(25(30)31)11-6-13-28(17)24(29)16-33-14-12-27-26(32)34-15-23-21-9-4-2-7-19(21)20-8-3-5-10-22(20)23/h2-5,7-10,17-18,23H,6,11-16H2,1H3,(H,27,32)(H,30,31). The Labute approximate surface area is 198 Å². The lowest BCUT2D eigenvalue weighted by Crippen LogP contribution is -2.50. The summed E-state index contributed by atoms with van der Waals surface area (Å²) in [5.41, 5.74) is 4.64. The third-order valence-corrected chi connectivity index (χ3v) is 6.71. The Morgan fingerprint density at radius 1 is 1.06 bits per heavy atom. The number of carboxylic acid groups (broad SMARTS) is 1. The molecule has 1 aliphatic heterocycles. The second-order valence-electron chi connectivity index (χ2n) is 8.72. The zero-order valence-corrected chi connectivity index (χ0v) is 19.2. The number of nitrogens with zero attached hydrogens (tertiary/aromatic N) is 1. The molecule has 1 heterocycles. The first kappa shape index (κ1) is 23.8. The molecule has 2 amide bonds. The lowest BCUT2D eigenvalue weighted by molar-refractivity contribution is -0.150. The second kappa shape index (κ2) is 10.7. The largest absolute Gasteiger partial charge is 0.481 e. The smallest absolute Gasteiger partial charge is 0.407 e. The van der Waals surface area contributed by atoms with Gasteiger partial charge in [0.1, 0.15) is 13.2 Å². The van der Waals surface area contributed by atoms with Gasteiger partial charge in [0.25, 0.3) is 0 Å². The van der Waals surface area contributed by atoms with Crippen LogP contribution in [0.3, 0.4) is 0 Å². The van der Waals surface area contributed by atoms with Gasteiger partial charge in [-0.25, -0.2) is 4.79 Å². The van der Waals surface area contributed by atoms with E-state index in [-0.39, 0.29) is 44.2 Å². The van der Waals surface area contributed by atoms with Crippen molar-refractivity contribution in [2.45, 2.75) is 31.7 Å². The molecule has 0 spiro atoms. The quantitative estimate of drug-likeness (QED) is 0.579. The van der Waals surface area contributed by atoms with E-state index in [2.05, 4.69) is 29.6 Å². The Kier molecular flexibility index (Phi) is 7.47. The van der Waals surface area contributed by atoms with E-state index < -0.39 is 18.0 Å². The number of carbonyl (C=O) groups is 3. The molecule has 34 heavy (non-hydrogen) atoms. The monoisotopic (exact) mass is 466 g/mol. The zero-order valence-electron chi connectivity index (χ0n) is 19.2. The minimum Gasteiger partial charge on any atom is -0.481 e. The van der Waals surface area contributed by atoms with Gasteiger partial charge in [0.05, 0.1) is 12.5 Å². The zero-order chi connectivity index (χ0) is 24.1. The van der Waals surface area contributed by atoms with Gasteiger partial charge in [0, 0.05) is 25.0 Å². The third kappa shape index (κ3) is 5.07. The number of rotatable bonds is 8. The van der Waals surface area contributed by atoms with Crippen molar-refractivity contribution in [2.24, 2.45) is 5.92 Å². The summed E-state index contributed by atoms with van der Waals surface area (Å²) in [6.45, 7) is 2.73. The van der Waals surface area contributed by atoms with E-state index in [0.29, 0.717) is 19.4 Å². The van der Waals surface area contributed by atoms with Gasteiger partial charge in [0.15, 0.2) is 0 Å². The molecule has 1 fully saturated rings. The Hall–Kier alpha value is -3.39. The van der Waals surface area contributed by atoms with Crippen molar-refractivity contribution in [1.82, 2.24) is 10.2 Å². The first-order valence-corrected chi connectivity index (χ1v) is 11.7. The van der Waals surface area contributed by atoms with E-state index in [0.717, 1.165) is 11.1 Å². The molecular weight excluding hydrogens is 436 g/mol. The molecule has 2 N–H and O–H groups in total. The molecule has 2 aromatic rings. The van der Waals surface area contributed by atoms with Gasteiger partial charge >= 0.3 is 12.1 Å². The van der Waals surface area contributed by atoms with Gasteiger partial charge < -0.3 is 24.8 Å². The van der Waals surface area contributed by atoms with Gasteiger partial charge in [-0.3, -0.25) is 9.59 Å². The number of hydrogen-bond acceptors (Lipinski definition) is 5. The highest BCUT2D eigenvalue weighted by atomic mass is 16.5.